The van der Waals surface area contributed by atoms with Crippen LogP contribution in [0.15, 0.2) is 273 Å². The summed E-state index contributed by atoms with van der Waals surface area (Å²) in [6.07, 6.45) is 0. The van der Waals surface area contributed by atoms with Gasteiger partial charge < -0.3 is 23.3 Å². The van der Waals surface area contributed by atoms with Gasteiger partial charge in [-0.25, -0.2) is 0 Å². The minimum atomic E-state index is -0.213. The second-order valence-corrected chi connectivity index (χ2v) is 27.3. The summed E-state index contributed by atoms with van der Waals surface area (Å²) in [4.78, 5) is 2.64. The molecular weight excluding hydrogens is 1180 g/mol. The molecule has 0 spiro atoms. The molecular formula is C84H61B9N4O. The molecule has 0 amide bonds. The predicted octanol–water partition coefficient (Wildman–Crippen LogP) is 6.12. The molecule has 19 rings (SSSR count). The molecule has 2 aliphatic heterocycles. The van der Waals surface area contributed by atoms with Crippen molar-refractivity contribution in [1.82, 2.24) is 13.7 Å². The first kappa shape index (κ1) is 58.1. The lowest BCUT2D eigenvalue weighted by atomic mass is 9.34. The van der Waals surface area contributed by atoms with E-state index in [0.717, 1.165) is 101 Å². The number of hydrogen-bond donors (Lipinski definition) is 0. The number of fused-ring (bicyclic) bond motifs is 13. The van der Waals surface area contributed by atoms with Crippen LogP contribution >= 0.6 is 0 Å². The van der Waals surface area contributed by atoms with Crippen LogP contribution in [0.3, 0.4) is 0 Å². The summed E-state index contributed by atoms with van der Waals surface area (Å²) >= 11 is 0. The average molecular weight is 1240 g/mol. The van der Waals surface area contributed by atoms with Gasteiger partial charge in [-0.1, -0.05) is 221 Å². The van der Waals surface area contributed by atoms with E-state index >= 15 is 0 Å². The number of hydrogen-bond acceptors (Lipinski definition) is 2. The van der Waals surface area contributed by atoms with E-state index in [2.05, 4.69) is 354 Å². The fraction of sp³-hybridized carbons (Fsp3) is 0. The van der Waals surface area contributed by atoms with Crippen molar-refractivity contribution in [3.63, 3.8) is 0 Å². The standard InChI is InChI=1S/C84H61B9N4O/c85-73-71-72-74(86)76(88)78(90)80(92)84(72)96(83(71)79(91)77(89)75(73)87)54-44-68-81-70(45-54)98-69-43-51(49-35-39-66-60(41-49)58-27-14-16-31-64(58)95(66)53-24-11-4-12-25-53)33-37-62(69)93(81)61-36-32-50(48-34-38-65-59(40-48)57-26-13-15-30-63(57)94(65)52-22-9-3-10-23-52)42-67(61)97(68)82-55(46-18-5-1-6-19-46)28-17-29-56(82)47-20-7-2-8-21-47/h1-45H,85-92H2. The Morgan fingerprint density at radius 1 is 0.276 bits per heavy atom. The smallest absolute Gasteiger partial charge is 0.256 e. The van der Waals surface area contributed by atoms with Crippen molar-refractivity contribution in [2.24, 2.45) is 0 Å². The highest BCUT2D eigenvalue weighted by molar-refractivity contribution is 6.99. The van der Waals surface area contributed by atoms with E-state index < -0.39 is 0 Å². The number of nitrogens with zero attached hydrogens (tertiary/aromatic N) is 4. The Bertz CT molecular complexity index is 6130. The van der Waals surface area contributed by atoms with Gasteiger partial charge in [0, 0.05) is 72.5 Å². The van der Waals surface area contributed by atoms with E-state index in [4.69, 9.17) is 4.74 Å². The van der Waals surface area contributed by atoms with Crippen molar-refractivity contribution in [2.45, 2.75) is 0 Å². The number of anilines is 3. The molecule has 0 fully saturated rings. The van der Waals surface area contributed by atoms with Gasteiger partial charge in [0.1, 0.15) is 74.3 Å². The molecule has 0 bridgehead atoms. The summed E-state index contributed by atoms with van der Waals surface area (Å²) in [5.74, 6) is 1.70. The Kier molecular flexibility index (Phi) is 13.1. The van der Waals surface area contributed by atoms with Crippen molar-refractivity contribution in [3.05, 3.63) is 273 Å². The Balaban J connectivity index is 0.916. The Hall–Kier alpha value is -11.3. The van der Waals surface area contributed by atoms with Crippen LogP contribution in [0.2, 0.25) is 0 Å². The maximum Gasteiger partial charge on any atom is 0.256 e. The third-order valence-corrected chi connectivity index (χ3v) is 22.5. The Labute approximate surface area is 577 Å². The van der Waals surface area contributed by atoms with E-state index in [0.29, 0.717) is 0 Å². The minimum absolute atomic E-state index is 0.213. The van der Waals surface area contributed by atoms with Crippen molar-refractivity contribution >= 4 is 212 Å². The second-order valence-electron chi connectivity index (χ2n) is 27.3. The van der Waals surface area contributed by atoms with Gasteiger partial charge >= 0.3 is 0 Å². The van der Waals surface area contributed by atoms with E-state index in [9.17, 15) is 0 Å². The molecule has 3 aromatic heterocycles. The largest absolute Gasteiger partial charge is 0.458 e. The van der Waals surface area contributed by atoms with Crippen LogP contribution in [0.25, 0.3) is 127 Å². The van der Waals surface area contributed by atoms with Crippen LogP contribution in [0.1, 0.15) is 0 Å². The van der Waals surface area contributed by atoms with Gasteiger partial charge in [0.2, 0.25) is 0 Å². The van der Waals surface area contributed by atoms with E-state index in [1.807, 2.05) is 0 Å². The molecule has 5 heterocycles. The quantitative estimate of drug-likeness (QED) is 0.172. The van der Waals surface area contributed by atoms with Crippen LogP contribution in [0, 0.1) is 0 Å². The highest BCUT2D eigenvalue weighted by atomic mass is 16.5. The van der Waals surface area contributed by atoms with Gasteiger partial charge in [-0.15, -0.1) is 10.9 Å². The average Bonchev–Trinajstić information content (AvgIpc) is 1.05. The summed E-state index contributed by atoms with van der Waals surface area (Å²) < 4.78 is 15.3. The third kappa shape index (κ3) is 8.46. The first-order valence-electron chi connectivity index (χ1n) is 34.4. The monoisotopic (exact) mass is 1240 g/mol. The molecule has 17 aromatic rings. The summed E-state index contributed by atoms with van der Waals surface area (Å²) in [5.41, 5.74) is 36.9. The Morgan fingerprint density at radius 2 is 0.704 bits per heavy atom. The first-order chi connectivity index (χ1) is 48.0. The maximum atomic E-state index is 7.85. The lowest BCUT2D eigenvalue weighted by molar-refractivity contribution is 0.487. The summed E-state index contributed by atoms with van der Waals surface area (Å²) in [6.45, 7) is -0.213. The van der Waals surface area contributed by atoms with Crippen molar-refractivity contribution in [2.75, 3.05) is 4.90 Å². The van der Waals surface area contributed by atoms with Gasteiger partial charge in [0.05, 0.1) is 33.4 Å². The lowest BCUT2D eigenvalue weighted by Crippen LogP contribution is -2.59. The third-order valence-electron chi connectivity index (χ3n) is 22.5. The zero-order valence-electron chi connectivity index (χ0n) is 56.3. The highest BCUT2D eigenvalue weighted by Crippen LogP contribution is 2.51. The SMILES string of the molecule is Bc1c(B)c(B)c2c(c1B)c1c(B)c(B)c(B)c(B)c1n2-c1cc2c3c(c1)N(c1c(-c4ccccc4)cccc1-c1ccccc1)c1cc(-c4ccc5c(c4)c4ccccc4n5-c4ccccc4)ccc1B3c1ccc(-c3ccc4c(c3)c3ccccc3n4-c3ccccc3)cc1O2. The Morgan fingerprint density at radius 3 is 1.22 bits per heavy atom. The highest BCUT2D eigenvalue weighted by Gasteiger charge is 2.44. The van der Waals surface area contributed by atoms with Gasteiger partial charge in [-0.2, -0.15) is 0 Å². The van der Waals surface area contributed by atoms with Crippen LogP contribution in [-0.4, -0.2) is 83.2 Å². The molecule has 450 valence electrons. The fourth-order valence-electron chi connectivity index (χ4n) is 17.1. The van der Waals surface area contributed by atoms with Gasteiger partial charge in [-0.3, -0.25) is 0 Å². The molecule has 0 unspecified atom stereocenters. The predicted molar refractivity (Wildman–Crippen MR) is 442 cm³/mol. The summed E-state index contributed by atoms with van der Waals surface area (Å²) in [5, 5.41) is 7.51. The number of para-hydroxylation sites is 5. The zero-order chi connectivity index (χ0) is 65.9. The molecule has 0 radical (unpaired) electrons. The van der Waals surface area contributed by atoms with Gasteiger partial charge in [0.25, 0.3) is 6.71 Å². The molecule has 14 aromatic carbocycles. The lowest BCUT2D eigenvalue weighted by Gasteiger charge is -2.42. The molecule has 0 saturated heterocycles. The minimum Gasteiger partial charge on any atom is -0.458 e. The number of ether oxygens (including phenoxy) is 1. The fourth-order valence-corrected chi connectivity index (χ4v) is 17.1. The molecule has 0 atom stereocenters. The molecule has 98 heavy (non-hydrogen) atoms. The maximum absolute atomic E-state index is 7.85. The molecule has 5 nitrogen and oxygen atoms in total. The number of aromatic nitrogens is 3. The summed E-state index contributed by atoms with van der Waals surface area (Å²) in [6, 6.07) is 101. The zero-order valence-corrected chi connectivity index (χ0v) is 56.3. The van der Waals surface area contributed by atoms with E-state index in [1.54, 1.807) is 0 Å². The van der Waals surface area contributed by atoms with Crippen LogP contribution in [-0.2, 0) is 0 Å². The molecule has 2 aliphatic rings. The van der Waals surface area contributed by atoms with E-state index in [1.165, 1.54) is 115 Å². The number of benzene rings is 14. The summed E-state index contributed by atoms with van der Waals surface area (Å²) in [7, 11) is 18.6. The molecule has 0 N–H and O–H groups in total. The van der Waals surface area contributed by atoms with E-state index in [-0.39, 0.29) is 6.71 Å². The van der Waals surface area contributed by atoms with Crippen LogP contribution < -0.4 is 69.7 Å². The van der Waals surface area contributed by atoms with Crippen molar-refractivity contribution < 1.29 is 4.74 Å². The van der Waals surface area contributed by atoms with Crippen molar-refractivity contribution in [3.8, 4) is 73.1 Å². The molecule has 0 aliphatic carbocycles. The topological polar surface area (TPSA) is 27.3 Å². The number of rotatable bonds is 8. The van der Waals surface area contributed by atoms with Gasteiger partial charge in [0.15, 0.2) is 0 Å². The first-order valence-corrected chi connectivity index (χ1v) is 34.4. The molecule has 0 saturated carbocycles. The van der Waals surface area contributed by atoms with Crippen LogP contribution in [0.4, 0.5) is 17.1 Å². The molecule has 14 heteroatoms. The normalized spacial score (nSPS) is 12.4. The van der Waals surface area contributed by atoms with Crippen molar-refractivity contribution in [1.29, 1.82) is 0 Å². The van der Waals surface area contributed by atoms with Gasteiger partial charge in [-0.05, 0) is 139 Å². The van der Waals surface area contributed by atoms with Crippen LogP contribution in [0.5, 0.6) is 11.5 Å². The second kappa shape index (κ2) is 22.1.